The molecule has 1 atom stereocenters. The molecular weight excluding hydrogens is 371 g/mol. The van der Waals surface area contributed by atoms with E-state index >= 15 is 0 Å². The maximum atomic E-state index is 12.4. The third kappa shape index (κ3) is 6.25. The predicted octanol–water partition coefficient (Wildman–Crippen LogP) is 2.78. The van der Waals surface area contributed by atoms with Gasteiger partial charge in [0.05, 0.1) is 5.69 Å². The van der Waals surface area contributed by atoms with Crippen molar-refractivity contribution >= 4 is 30.7 Å². The van der Waals surface area contributed by atoms with E-state index < -0.39 is 0 Å². The molecule has 1 unspecified atom stereocenters. The highest BCUT2D eigenvalue weighted by Crippen LogP contribution is 2.14. The highest BCUT2D eigenvalue weighted by atomic mass is 35.5. The molecule has 3 N–H and O–H groups in total. The Bertz CT molecular complexity index is 684. The third-order valence-corrected chi connectivity index (χ3v) is 4.38. The van der Waals surface area contributed by atoms with Gasteiger partial charge in [-0.1, -0.05) is 30.3 Å². The minimum absolute atomic E-state index is 0. The minimum Gasteiger partial charge on any atom is -0.348 e. The Morgan fingerprint density at radius 1 is 1.23 bits per heavy atom. The van der Waals surface area contributed by atoms with E-state index in [0.29, 0.717) is 12.1 Å². The molecule has 1 saturated heterocycles. The van der Waals surface area contributed by atoms with Gasteiger partial charge in [0.2, 0.25) is 0 Å². The number of halogens is 2. The number of nitrogens with zero attached hydrogens (tertiary/aromatic N) is 2. The van der Waals surface area contributed by atoms with E-state index in [9.17, 15) is 4.79 Å². The summed E-state index contributed by atoms with van der Waals surface area (Å²) in [6.07, 6.45) is 3.76. The number of hydrogen-bond acceptors (Lipinski definition) is 4. The number of benzene rings is 1. The molecule has 5 nitrogen and oxygen atoms in total. The second kappa shape index (κ2) is 11.1. The molecule has 3 rings (SSSR count). The standard InChI is InChI=1S/C19H24N4O.2ClH/c20-12-18-11-16(8-9-21-18)19(24)22-17-7-4-10-23(14-17)13-15-5-2-1-3-6-15;;/h1-3,5-6,8-9,11,17H,4,7,10,12-14,20H2,(H,22,24);2*1H. The normalized spacial score (nSPS) is 16.9. The number of likely N-dealkylation sites (tertiary alicyclic amines) is 1. The van der Waals surface area contributed by atoms with Crippen molar-refractivity contribution in [2.24, 2.45) is 5.73 Å². The topological polar surface area (TPSA) is 71.2 Å². The van der Waals surface area contributed by atoms with Gasteiger partial charge in [-0.3, -0.25) is 14.7 Å². The van der Waals surface area contributed by atoms with Crippen LogP contribution in [0, 0.1) is 0 Å². The predicted molar refractivity (Wildman–Crippen MR) is 109 cm³/mol. The van der Waals surface area contributed by atoms with E-state index in [4.69, 9.17) is 5.73 Å². The molecule has 1 aromatic heterocycles. The molecule has 0 radical (unpaired) electrons. The Hall–Kier alpha value is -1.66. The Balaban J connectivity index is 0.00000169. The highest BCUT2D eigenvalue weighted by Gasteiger charge is 2.22. The molecule has 1 fully saturated rings. The van der Waals surface area contributed by atoms with Crippen molar-refractivity contribution < 1.29 is 4.79 Å². The molecule has 26 heavy (non-hydrogen) atoms. The Morgan fingerprint density at radius 3 is 2.73 bits per heavy atom. The summed E-state index contributed by atoms with van der Waals surface area (Å²) < 4.78 is 0. The number of nitrogens with one attached hydrogen (secondary N) is 1. The first-order valence-corrected chi connectivity index (χ1v) is 8.47. The van der Waals surface area contributed by atoms with Crippen LogP contribution >= 0.6 is 24.8 Å². The van der Waals surface area contributed by atoms with E-state index in [1.165, 1.54) is 5.56 Å². The molecule has 7 heteroatoms. The van der Waals surface area contributed by atoms with Crippen LogP contribution in [0.25, 0.3) is 0 Å². The molecule has 2 heterocycles. The molecule has 0 saturated carbocycles. The maximum Gasteiger partial charge on any atom is 0.251 e. The second-order valence-electron chi connectivity index (χ2n) is 6.27. The molecule has 0 bridgehead atoms. The fourth-order valence-electron chi connectivity index (χ4n) is 3.16. The number of piperidine rings is 1. The first-order valence-electron chi connectivity index (χ1n) is 8.47. The highest BCUT2D eigenvalue weighted by molar-refractivity contribution is 5.94. The first-order chi connectivity index (χ1) is 11.7. The monoisotopic (exact) mass is 396 g/mol. The van der Waals surface area contributed by atoms with Crippen LogP contribution in [0.2, 0.25) is 0 Å². The van der Waals surface area contributed by atoms with Gasteiger partial charge in [-0.25, -0.2) is 0 Å². The lowest BCUT2D eigenvalue weighted by molar-refractivity contribution is 0.0900. The Kier molecular flexibility index (Phi) is 9.59. The number of amides is 1. The summed E-state index contributed by atoms with van der Waals surface area (Å²) >= 11 is 0. The quantitative estimate of drug-likeness (QED) is 0.814. The summed E-state index contributed by atoms with van der Waals surface area (Å²) in [5.41, 5.74) is 8.27. The van der Waals surface area contributed by atoms with Crippen LogP contribution in [0.15, 0.2) is 48.7 Å². The van der Waals surface area contributed by atoms with Gasteiger partial charge in [-0.2, -0.15) is 0 Å². The zero-order chi connectivity index (χ0) is 16.8. The van der Waals surface area contributed by atoms with Gasteiger partial charge >= 0.3 is 0 Å². The number of nitrogens with two attached hydrogens (primary N) is 1. The molecule has 1 aliphatic heterocycles. The second-order valence-corrected chi connectivity index (χ2v) is 6.27. The van der Waals surface area contributed by atoms with Crippen molar-refractivity contribution in [3.8, 4) is 0 Å². The number of pyridine rings is 1. The van der Waals surface area contributed by atoms with Crippen LogP contribution in [-0.2, 0) is 13.1 Å². The minimum atomic E-state index is -0.0429. The number of hydrogen-bond donors (Lipinski definition) is 2. The molecule has 0 aliphatic carbocycles. The van der Waals surface area contributed by atoms with Gasteiger partial charge < -0.3 is 11.1 Å². The van der Waals surface area contributed by atoms with E-state index in [-0.39, 0.29) is 36.8 Å². The largest absolute Gasteiger partial charge is 0.348 e. The fourth-order valence-corrected chi connectivity index (χ4v) is 3.16. The van der Waals surface area contributed by atoms with E-state index in [1.807, 2.05) is 6.07 Å². The Morgan fingerprint density at radius 2 is 2.00 bits per heavy atom. The zero-order valence-corrected chi connectivity index (χ0v) is 16.3. The van der Waals surface area contributed by atoms with Gasteiger partial charge in [0.15, 0.2) is 0 Å². The molecule has 2 aromatic rings. The lowest BCUT2D eigenvalue weighted by Crippen LogP contribution is -2.47. The number of rotatable bonds is 5. The molecular formula is C19H26Cl2N4O. The van der Waals surface area contributed by atoms with Crippen molar-refractivity contribution in [2.75, 3.05) is 13.1 Å². The number of carbonyl (C=O) groups is 1. The summed E-state index contributed by atoms with van der Waals surface area (Å²) in [5, 5.41) is 3.15. The molecule has 142 valence electrons. The summed E-state index contributed by atoms with van der Waals surface area (Å²) in [4.78, 5) is 19.0. The average Bonchev–Trinajstić information content (AvgIpc) is 2.63. The smallest absolute Gasteiger partial charge is 0.251 e. The third-order valence-electron chi connectivity index (χ3n) is 4.38. The fraction of sp³-hybridized carbons (Fsp3) is 0.368. The van der Waals surface area contributed by atoms with Crippen molar-refractivity contribution in [1.29, 1.82) is 0 Å². The van der Waals surface area contributed by atoms with Gasteiger partial charge in [-0.05, 0) is 37.1 Å². The number of carbonyl (C=O) groups excluding carboxylic acids is 1. The van der Waals surface area contributed by atoms with Crippen LogP contribution < -0.4 is 11.1 Å². The van der Waals surface area contributed by atoms with Crippen LogP contribution in [0.5, 0.6) is 0 Å². The lowest BCUT2D eigenvalue weighted by Gasteiger charge is -2.33. The summed E-state index contributed by atoms with van der Waals surface area (Å²) in [7, 11) is 0. The van der Waals surface area contributed by atoms with Gasteiger partial charge in [0.1, 0.15) is 0 Å². The van der Waals surface area contributed by atoms with Gasteiger partial charge in [0, 0.05) is 37.4 Å². The van der Waals surface area contributed by atoms with Crippen LogP contribution in [0.1, 0.15) is 34.5 Å². The number of aromatic nitrogens is 1. The lowest BCUT2D eigenvalue weighted by atomic mass is 10.0. The molecule has 0 spiro atoms. The summed E-state index contributed by atoms with van der Waals surface area (Å²) in [6.45, 7) is 3.23. The van der Waals surface area contributed by atoms with Crippen LogP contribution in [0.4, 0.5) is 0 Å². The van der Waals surface area contributed by atoms with Crippen LogP contribution in [0.3, 0.4) is 0 Å². The van der Waals surface area contributed by atoms with E-state index in [2.05, 4.69) is 39.5 Å². The molecule has 1 aliphatic rings. The Labute approximate surface area is 167 Å². The summed E-state index contributed by atoms with van der Waals surface area (Å²) in [6, 6.07) is 14.1. The SMILES string of the molecule is Cl.Cl.NCc1cc(C(=O)NC2CCCN(Cc3ccccc3)C2)ccn1. The van der Waals surface area contributed by atoms with E-state index in [0.717, 1.165) is 38.2 Å². The van der Waals surface area contributed by atoms with Gasteiger partial charge in [0.25, 0.3) is 5.91 Å². The maximum absolute atomic E-state index is 12.4. The van der Waals surface area contributed by atoms with E-state index in [1.54, 1.807) is 18.3 Å². The first kappa shape index (κ1) is 22.4. The zero-order valence-electron chi connectivity index (χ0n) is 14.6. The average molecular weight is 397 g/mol. The van der Waals surface area contributed by atoms with Crippen molar-refractivity contribution in [3.63, 3.8) is 0 Å². The molecule has 1 amide bonds. The summed E-state index contributed by atoms with van der Waals surface area (Å²) in [5.74, 6) is -0.0429. The van der Waals surface area contributed by atoms with Crippen molar-refractivity contribution in [2.45, 2.75) is 32.0 Å². The van der Waals surface area contributed by atoms with Crippen molar-refractivity contribution in [1.82, 2.24) is 15.2 Å². The van der Waals surface area contributed by atoms with Gasteiger partial charge in [-0.15, -0.1) is 24.8 Å². The van der Waals surface area contributed by atoms with Crippen LogP contribution in [-0.4, -0.2) is 34.9 Å². The molecule has 1 aromatic carbocycles. The van der Waals surface area contributed by atoms with Crippen molar-refractivity contribution in [3.05, 3.63) is 65.5 Å².